The average molecular weight is 447 g/mol. The van der Waals surface area contributed by atoms with Crippen molar-refractivity contribution in [3.05, 3.63) is 75.6 Å². The Balaban J connectivity index is 1.76. The van der Waals surface area contributed by atoms with Gasteiger partial charge in [-0.3, -0.25) is 14.4 Å². The first-order valence-corrected chi connectivity index (χ1v) is 10.8. The van der Waals surface area contributed by atoms with Crippen LogP contribution in [0.2, 0.25) is 0 Å². The molecule has 0 bridgehead atoms. The zero-order valence-corrected chi connectivity index (χ0v) is 18.5. The molecular formula is C25H25N3O5. The van der Waals surface area contributed by atoms with E-state index in [0.29, 0.717) is 35.6 Å². The quantitative estimate of drug-likeness (QED) is 0.572. The molecule has 1 aliphatic heterocycles. The summed E-state index contributed by atoms with van der Waals surface area (Å²) in [5.41, 5.74) is 3.24. The fraction of sp³-hybridized carbons (Fsp3) is 0.280. The summed E-state index contributed by atoms with van der Waals surface area (Å²) < 4.78 is 5.63. The third-order valence-electron chi connectivity index (χ3n) is 5.60. The average Bonchev–Trinajstić information content (AvgIpc) is 3.23. The first-order chi connectivity index (χ1) is 15.9. The van der Waals surface area contributed by atoms with Crippen molar-refractivity contribution in [2.75, 3.05) is 6.61 Å². The Hall–Kier alpha value is -3.94. The molecule has 1 aliphatic rings. The molecular weight excluding hydrogens is 422 g/mol. The third kappa shape index (κ3) is 4.64. The van der Waals surface area contributed by atoms with E-state index in [1.165, 1.54) is 5.01 Å². The van der Waals surface area contributed by atoms with E-state index in [0.717, 1.165) is 16.5 Å². The summed E-state index contributed by atoms with van der Waals surface area (Å²) in [5, 5.41) is 15.6. The van der Waals surface area contributed by atoms with Gasteiger partial charge in [0, 0.05) is 23.8 Å². The number of carbonyl (C=O) groups excluding carboxylic acids is 1. The summed E-state index contributed by atoms with van der Waals surface area (Å²) in [6.45, 7) is 4.30. The van der Waals surface area contributed by atoms with Gasteiger partial charge in [0.2, 0.25) is 5.91 Å². The Morgan fingerprint density at radius 2 is 1.97 bits per heavy atom. The van der Waals surface area contributed by atoms with Gasteiger partial charge in [0.1, 0.15) is 5.75 Å². The molecule has 2 aromatic carbocycles. The lowest BCUT2D eigenvalue weighted by Gasteiger charge is -2.21. The van der Waals surface area contributed by atoms with Crippen molar-refractivity contribution in [3.8, 4) is 5.75 Å². The minimum absolute atomic E-state index is 0.198. The van der Waals surface area contributed by atoms with Crippen molar-refractivity contribution >= 4 is 28.5 Å². The number of carbonyl (C=O) groups is 2. The molecule has 2 heterocycles. The lowest BCUT2D eigenvalue weighted by atomic mass is 9.97. The van der Waals surface area contributed by atoms with Crippen LogP contribution >= 0.6 is 0 Å². The zero-order valence-electron chi connectivity index (χ0n) is 18.5. The number of rotatable bonds is 7. The number of aryl methyl sites for hydroxylation is 1. The smallest absolute Gasteiger partial charge is 0.303 e. The van der Waals surface area contributed by atoms with Crippen LogP contribution in [0.3, 0.4) is 0 Å². The molecule has 0 unspecified atom stereocenters. The lowest BCUT2D eigenvalue weighted by Crippen LogP contribution is -2.31. The van der Waals surface area contributed by atoms with Gasteiger partial charge >= 0.3 is 5.97 Å². The van der Waals surface area contributed by atoms with Gasteiger partial charge in [0.05, 0.1) is 30.3 Å². The third-order valence-corrected chi connectivity index (χ3v) is 5.60. The lowest BCUT2D eigenvalue weighted by molar-refractivity contribution is -0.141. The highest BCUT2D eigenvalue weighted by atomic mass is 16.5. The molecule has 0 radical (unpaired) electrons. The number of carboxylic acids is 1. The molecule has 1 amide bonds. The number of pyridine rings is 1. The number of benzene rings is 2. The van der Waals surface area contributed by atoms with Crippen molar-refractivity contribution in [1.29, 1.82) is 0 Å². The summed E-state index contributed by atoms with van der Waals surface area (Å²) >= 11 is 0. The zero-order chi connectivity index (χ0) is 23.5. The molecule has 0 aliphatic carbocycles. The van der Waals surface area contributed by atoms with Crippen LogP contribution in [0.25, 0.3) is 10.9 Å². The van der Waals surface area contributed by atoms with Crippen LogP contribution in [-0.2, 0) is 9.59 Å². The van der Waals surface area contributed by atoms with Crippen LogP contribution in [0.15, 0.2) is 58.4 Å². The van der Waals surface area contributed by atoms with Crippen molar-refractivity contribution in [1.82, 2.24) is 9.99 Å². The van der Waals surface area contributed by atoms with E-state index in [-0.39, 0.29) is 18.4 Å². The number of nitrogens with zero attached hydrogens (tertiary/aromatic N) is 2. The van der Waals surface area contributed by atoms with Crippen LogP contribution in [0.4, 0.5) is 0 Å². The number of aromatic amines is 1. The monoisotopic (exact) mass is 447 g/mol. The molecule has 0 saturated heterocycles. The number of hydrogen-bond donors (Lipinski definition) is 2. The van der Waals surface area contributed by atoms with Crippen molar-refractivity contribution in [2.24, 2.45) is 5.10 Å². The second-order valence-corrected chi connectivity index (χ2v) is 7.98. The number of para-hydroxylation sites is 1. The number of hydrogen-bond acceptors (Lipinski definition) is 5. The van der Waals surface area contributed by atoms with Gasteiger partial charge in [0.15, 0.2) is 0 Å². The highest BCUT2D eigenvalue weighted by Crippen LogP contribution is 2.34. The highest BCUT2D eigenvalue weighted by Gasteiger charge is 2.35. The maximum Gasteiger partial charge on any atom is 0.303 e. The largest absolute Gasteiger partial charge is 0.492 e. The van der Waals surface area contributed by atoms with Crippen molar-refractivity contribution in [3.63, 3.8) is 0 Å². The second-order valence-electron chi connectivity index (χ2n) is 7.98. The SMILES string of the molecule is CCOc1cccc2cc([C@@H]3CC(c4cccc(C)c4)=NN3C(=O)CCC(=O)O)c(=O)[nH]c12. The van der Waals surface area contributed by atoms with Crippen molar-refractivity contribution < 1.29 is 19.4 Å². The van der Waals surface area contributed by atoms with Gasteiger partial charge in [-0.25, -0.2) is 5.01 Å². The van der Waals surface area contributed by atoms with Crippen LogP contribution in [0.5, 0.6) is 5.75 Å². The molecule has 0 saturated carbocycles. The standard InChI is InChI=1S/C25H25N3O5/c1-3-33-21-9-5-8-17-13-18(25(32)26-24(17)21)20-14-19(16-7-4-6-15(2)12-16)27-28(20)22(29)10-11-23(30)31/h4-9,12-13,20H,3,10-11,14H2,1-2H3,(H,26,32)(H,30,31)/t20-/m0/s1. The number of nitrogens with one attached hydrogen (secondary N) is 1. The Kier molecular flexibility index (Phi) is 6.26. The molecule has 1 aromatic heterocycles. The Morgan fingerprint density at radius 1 is 1.18 bits per heavy atom. The molecule has 0 spiro atoms. The van der Waals surface area contributed by atoms with Gasteiger partial charge in [-0.2, -0.15) is 5.10 Å². The molecule has 1 atom stereocenters. The number of amides is 1. The fourth-order valence-corrected chi connectivity index (χ4v) is 4.05. The normalized spacial score (nSPS) is 15.5. The second kappa shape index (κ2) is 9.28. The number of carboxylic acid groups (broad SMARTS) is 1. The predicted molar refractivity (Wildman–Crippen MR) is 125 cm³/mol. The van der Waals surface area contributed by atoms with E-state index in [9.17, 15) is 14.4 Å². The van der Waals surface area contributed by atoms with Gasteiger partial charge < -0.3 is 14.8 Å². The van der Waals surface area contributed by atoms with E-state index in [2.05, 4.69) is 10.1 Å². The molecule has 33 heavy (non-hydrogen) atoms. The molecule has 8 nitrogen and oxygen atoms in total. The molecule has 0 fully saturated rings. The van der Waals surface area contributed by atoms with E-state index in [4.69, 9.17) is 9.84 Å². The molecule has 170 valence electrons. The van der Waals surface area contributed by atoms with E-state index in [1.807, 2.05) is 50.2 Å². The number of aliphatic carboxylic acids is 1. The number of H-pyrrole nitrogens is 1. The minimum Gasteiger partial charge on any atom is -0.492 e. The van der Waals surface area contributed by atoms with Crippen LogP contribution < -0.4 is 10.3 Å². The van der Waals surface area contributed by atoms with Gasteiger partial charge in [-0.05, 0) is 31.5 Å². The Labute approximate surface area is 190 Å². The number of aromatic nitrogens is 1. The number of ether oxygens (including phenoxy) is 1. The van der Waals surface area contributed by atoms with E-state index < -0.39 is 17.9 Å². The summed E-state index contributed by atoms with van der Waals surface area (Å²) in [6, 6.07) is 14.4. The highest BCUT2D eigenvalue weighted by molar-refractivity contribution is 6.03. The van der Waals surface area contributed by atoms with Gasteiger partial charge in [-0.15, -0.1) is 0 Å². The maximum atomic E-state index is 13.1. The summed E-state index contributed by atoms with van der Waals surface area (Å²) in [7, 11) is 0. The summed E-state index contributed by atoms with van der Waals surface area (Å²) in [5.74, 6) is -0.919. The van der Waals surface area contributed by atoms with Crippen LogP contribution in [0.1, 0.15) is 48.9 Å². The van der Waals surface area contributed by atoms with Gasteiger partial charge in [-0.1, -0.05) is 42.0 Å². The predicted octanol–water partition coefficient (Wildman–Crippen LogP) is 3.78. The number of hydrazone groups is 1. The van der Waals surface area contributed by atoms with Crippen molar-refractivity contribution in [2.45, 2.75) is 39.2 Å². The van der Waals surface area contributed by atoms with Gasteiger partial charge in [0.25, 0.3) is 5.56 Å². The van der Waals surface area contributed by atoms with E-state index in [1.54, 1.807) is 12.1 Å². The Bertz CT molecular complexity index is 1310. The topological polar surface area (TPSA) is 112 Å². The van der Waals surface area contributed by atoms with Crippen LogP contribution in [-0.4, -0.2) is 39.3 Å². The minimum atomic E-state index is -1.06. The summed E-state index contributed by atoms with van der Waals surface area (Å²) in [4.78, 5) is 39.9. The molecule has 3 aromatic rings. The molecule has 8 heteroatoms. The first kappa shape index (κ1) is 22.3. The maximum absolute atomic E-state index is 13.1. The fourth-order valence-electron chi connectivity index (χ4n) is 4.05. The molecule has 4 rings (SSSR count). The summed E-state index contributed by atoms with van der Waals surface area (Å²) in [6.07, 6.45) is -0.151. The number of fused-ring (bicyclic) bond motifs is 1. The molecule has 2 N–H and O–H groups in total. The first-order valence-electron chi connectivity index (χ1n) is 10.8. The van der Waals surface area contributed by atoms with E-state index >= 15 is 0 Å². The van der Waals surface area contributed by atoms with Crippen LogP contribution in [0, 0.1) is 6.92 Å². The Morgan fingerprint density at radius 3 is 2.70 bits per heavy atom.